The molecular weight excluding hydrogens is 351 g/mol. The van der Waals surface area contributed by atoms with E-state index >= 15 is 0 Å². The molecule has 0 saturated heterocycles. The van der Waals surface area contributed by atoms with Crippen LogP contribution in [0.4, 0.5) is 0 Å². The summed E-state index contributed by atoms with van der Waals surface area (Å²) >= 11 is 0. The molecule has 0 fully saturated rings. The number of carbonyl (C=O) groups excluding carboxylic acids is 1. The van der Waals surface area contributed by atoms with E-state index in [4.69, 9.17) is 4.52 Å². The molecule has 0 radical (unpaired) electrons. The topological polar surface area (TPSA) is 26.3 Å². The highest BCUT2D eigenvalue weighted by Gasteiger charge is 2.52. The Hall–Kier alpha value is -2.44. The summed E-state index contributed by atoms with van der Waals surface area (Å²) in [4.78, 5) is 13.2. The Morgan fingerprint density at radius 2 is 1.07 bits per heavy atom. The maximum absolute atomic E-state index is 13.2. The molecule has 0 saturated carbocycles. The van der Waals surface area contributed by atoms with Crippen molar-refractivity contribution in [1.29, 1.82) is 0 Å². The summed E-state index contributed by atoms with van der Waals surface area (Å²) in [7, 11) is -2.57. The second kappa shape index (κ2) is 8.06. The van der Waals surface area contributed by atoms with Gasteiger partial charge in [-0.2, -0.15) is 0 Å². The van der Waals surface area contributed by atoms with Crippen LogP contribution in [0.5, 0.6) is 0 Å². The number of benzene rings is 3. The van der Waals surface area contributed by atoms with Crippen molar-refractivity contribution in [1.82, 2.24) is 0 Å². The van der Waals surface area contributed by atoms with Gasteiger partial charge in [0.2, 0.25) is 0 Å². The molecule has 0 bridgehead atoms. The van der Waals surface area contributed by atoms with E-state index in [9.17, 15) is 4.79 Å². The van der Waals surface area contributed by atoms with Gasteiger partial charge in [-0.3, -0.25) is 4.52 Å². The van der Waals surface area contributed by atoms with E-state index in [0.29, 0.717) is 0 Å². The maximum atomic E-state index is 13.2. The van der Waals surface area contributed by atoms with Crippen LogP contribution >= 0.6 is 7.49 Å². The van der Waals surface area contributed by atoms with Crippen molar-refractivity contribution >= 4 is 29.4 Å². The van der Waals surface area contributed by atoms with Crippen LogP contribution in [0.2, 0.25) is 0 Å². The van der Waals surface area contributed by atoms with Crippen LogP contribution in [0.25, 0.3) is 0 Å². The van der Waals surface area contributed by atoms with Gasteiger partial charge in [0.15, 0.2) is 0 Å². The Kier molecular flexibility index (Phi) is 5.77. The zero-order chi connectivity index (χ0) is 19.3. The zero-order valence-electron chi connectivity index (χ0n) is 16.1. The smallest absolute Gasteiger partial charge is 0.296 e. The summed E-state index contributed by atoms with van der Waals surface area (Å²) in [5.41, 5.74) is -0.538. The lowest BCUT2D eigenvalue weighted by molar-refractivity contribution is -0.143. The molecule has 0 spiro atoms. The second-order valence-electron chi connectivity index (χ2n) is 7.23. The number of hydrogen-bond acceptors (Lipinski definition) is 2. The lowest BCUT2D eigenvalue weighted by atomic mass is 9.91. The molecule has 0 aliphatic carbocycles. The number of carbonyl (C=O) groups is 1. The molecule has 0 amide bonds. The lowest BCUT2D eigenvalue weighted by Crippen LogP contribution is -2.37. The molecule has 0 aliphatic heterocycles. The fraction of sp³-hybridized carbons (Fsp3) is 0.208. The first kappa shape index (κ1) is 19.3. The molecule has 3 aromatic carbocycles. The van der Waals surface area contributed by atoms with Crippen molar-refractivity contribution < 1.29 is 9.32 Å². The molecule has 138 valence electrons. The van der Waals surface area contributed by atoms with Crippen molar-refractivity contribution in [3.05, 3.63) is 91.0 Å². The van der Waals surface area contributed by atoms with E-state index in [1.54, 1.807) is 0 Å². The van der Waals surface area contributed by atoms with Gasteiger partial charge >= 0.3 is 5.97 Å². The van der Waals surface area contributed by atoms with E-state index in [0.717, 1.165) is 22.3 Å². The largest absolute Gasteiger partial charge is 0.357 e. The van der Waals surface area contributed by atoms with Crippen LogP contribution in [0.3, 0.4) is 0 Å². The standard InChI is InChI=1S/C24H26O2P/c1-4-24(2,3)23(25)26-27(20-14-8-5-9-15-20,21-16-10-6-11-17-21)22-18-12-7-13-19-22/h5-19H,4H2,1-3H3/q+1. The number of hydrogen-bond donors (Lipinski definition) is 0. The van der Waals surface area contributed by atoms with E-state index in [-0.39, 0.29) is 5.97 Å². The first-order chi connectivity index (χ1) is 13.0. The Balaban J connectivity index is 2.28. The Labute approximate surface area is 162 Å². The summed E-state index contributed by atoms with van der Waals surface area (Å²) in [6.07, 6.45) is 0.726. The number of rotatable bonds is 6. The molecule has 27 heavy (non-hydrogen) atoms. The van der Waals surface area contributed by atoms with Crippen LogP contribution < -0.4 is 15.9 Å². The summed E-state index contributed by atoms with van der Waals surface area (Å²) < 4.78 is 6.52. The van der Waals surface area contributed by atoms with Crippen LogP contribution in [-0.2, 0) is 9.32 Å². The van der Waals surface area contributed by atoms with Crippen molar-refractivity contribution in [2.75, 3.05) is 0 Å². The molecule has 0 heterocycles. The van der Waals surface area contributed by atoms with Crippen molar-refractivity contribution in [2.24, 2.45) is 5.41 Å². The fourth-order valence-corrected chi connectivity index (χ4v) is 6.39. The Morgan fingerprint density at radius 3 is 1.37 bits per heavy atom. The van der Waals surface area contributed by atoms with E-state index in [1.165, 1.54) is 0 Å². The summed E-state index contributed by atoms with van der Waals surface area (Å²) in [5.74, 6) is -0.158. The van der Waals surface area contributed by atoms with Gasteiger partial charge in [-0.15, -0.1) is 0 Å². The highest BCUT2D eigenvalue weighted by atomic mass is 31.2. The van der Waals surface area contributed by atoms with E-state index < -0.39 is 12.9 Å². The SMILES string of the molecule is CCC(C)(C)C(=O)O[P+](c1ccccc1)(c1ccccc1)c1ccccc1. The maximum Gasteiger partial charge on any atom is 0.357 e. The third-order valence-corrected chi connectivity index (χ3v) is 8.53. The molecule has 3 rings (SSSR count). The van der Waals surface area contributed by atoms with Gasteiger partial charge in [-0.1, -0.05) is 61.5 Å². The van der Waals surface area contributed by atoms with Gasteiger partial charge in [-0.25, -0.2) is 4.79 Å². The van der Waals surface area contributed by atoms with Gasteiger partial charge in [0.1, 0.15) is 15.9 Å². The third-order valence-electron chi connectivity index (χ3n) is 5.02. The zero-order valence-corrected chi connectivity index (χ0v) is 17.0. The van der Waals surface area contributed by atoms with Crippen LogP contribution in [-0.4, -0.2) is 5.97 Å². The highest BCUT2D eigenvalue weighted by molar-refractivity contribution is 7.92. The Morgan fingerprint density at radius 1 is 0.741 bits per heavy atom. The predicted molar refractivity (Wildman–Crippen MR) is 115 cm³/mol. The first-order valence-electron chi connectivity index (χ1n) is 9.30. The predicted octanol–water partition coefficient (Wildman–Crippen LogP) is 4.87. The Bertz CT molecular complexity index is 777. The molecule has 0 aliphatic rings. The summed E-state index contributed by atoms with van der Waals surface area (Å²) in [5, 5.41) is 3.13. The lowest BCUT2D eigenvalue weighted by Gasteiger charge is -2.28. The van der Waals surface area contributed by atoms with Crippen LogP contribution in [0.15, 0.2) is 91.0 Å². The monoisotopic (exact) mass is 377 g/mol. The average Bonchev–Trinajstić information content (AvgIpc) is 2.73. The average molecular weight is 377 g/mol. The molecule has 2 nitrogen and oxygen atoms in total. The summed E-state index contributed by atoms with van der Waals surface area (Å²) in [6.45, 7) is 5.92. The highest BCUT2D eigenvalue weighted by Crippen LogP contribution is 2.57. The second-order valence-corrected chi connectivity index (χ2v) is 10.2. The minimum absolute atomic E-state index is 0.158. The minimum Gasteiger partial charge on any atom is -0.296 e. The molecule has 0 aromatic heterocycles. The van der Waals surface area contributed by atoms with Crippen LogP contribution in [0.1, 0.15) is 27.2 Å². The quantitative estimate of drug-likeness (QED) is 0.573. The van der Waals surface area contributed by atoms with Crippen molar-refractivity contribution in [2.45, 2.75) is 27.2 Å². The normalized spacial score (nSPS) is 11.8. The third kappa shape index (κ3) is 3.82. The molecule has 0 N–H and O–H groups in total. The summed E-state index contributed by atoms with van der Waals surface area (Å²) in [6, 6.07) is 30.4. The van der Waals surface area contributed by atoms with Gasteiger partial charge in [-0.05, 0) is 56.7 Å². The van der Waals surface area contributed by atoms with Gasteiger partial charge in [0.05, 0.1) is 5.41 Å². The molecule has 0 unspecified atom stereocenters. The van der Waals surface area contributed by atoms with Crippen LogP contribution in [0, 0.1) is 5.41 Å². The minimum atomic E-state index is -2.57. The molecule has 3 aromatic rings. The molecular formula is C24H26O2P+. The first-order valence-corrected chi connectivity index (χ1v) is 11.0. The van der Waals surface area contributed by atoms with Crippen molar-refractivity contribution in [3.63, 3.8) is 0 Å². The van der Waals surface area contributed by atoms with Gasteiger partial charge in [0.25, 0.3) is 7.49 Å². The molecule has 3 heteroatoms. The van der Waals surface area contributed by atoms with Crippen molar-refractivity contribution in [3.8, 4) is 0 Å². The fourth-order valence-electron chi connectivity index (χ4n) is 2.91. The van der Waals surface area contributed by atoms with Gasteiger partial charge < -0.3 is 0 Å². The molecule has 0 atom stereocenters. The van der Waals surface area contributed by atoms with Gasteiger partial charge in [0, 0.05) is 0 Å². The van der Waals surface area contributed by atoms with E-state index in [1.807, 2.05) is 75.4 Å². The van der Waals surface area contributed by atoms with E-state index in [2.05, 4.69) is 36.4 Å².